The Morgan fingerprint density at radius 2 is 1.71 bits per heavy atom. The Labute approximate surface area is 139 Å². The fraction of sp³-hybridized carbons (Fsp3) is 0.0526. The van der Waals surface area contributed by atoms with Gasteiger partial charge in [-0.2, -0.15) is 5.26 Å². The molecule has 0 radical (unpaired) electrons. The molecule has 3 aromatic rings. The summed E-state index contributed by atoms with van der Waals surface area (Å²) in [6.45, 7) is 0. The minimum Gasteiger partial charge on any atom is -0.477 e. The van der Waals surface area contributed by atoms with Crippen LogP contribution < -0.4 is 4.74 Å². The quantitative estimate of drug-likeness (QED) is 0.675. The number of benzene rings is 1. The van der Waals surface area contributed by atoms with E-state index < -0.39 is 6.10 Å². The first-order valence-electron chi connectivity index (χ1n) is 7.29. The van der Waals surface area contributed by atoms with Crippen molar-refractivity contribution in [1.29, 1.82) is 5.26 Å². The van der Waals surface area contributed by atoms with E-state index in [2.05, 4.69) is 9.97 Å². The lowest BCUT2D eigenvalue weighted by molar-refractivity contribution is 0.0791. The minimum atomic E-state index is -0.837. The summed E-state index contributed by atoms with van der Waals surface area (Å²) in [5.41, 5.74) is 1.63. The van der Waals surface area contributed by atoms with Gasteiger partial charge >= 0.3 is 0 Å². The number of nitriles is 1. The van der Waals surface area contributed by atoms with E-state index in [0.717, 1.165) is 0 Å². The molecule has 1 unspecified atom stereocenters. The van der Waals surface area contributed by atoms with Gasteiger partial charge in [0.05, 0.1) is 11.6 Å². The van der Waals surface area contributed by atoms with Crippen LogP contribution >= 0.6 is 0 Å². The standard InChI is InChI=1S/C19H13N3O2/c20-11-14-5-7-17(8-6-14)24-19(16-4-2-10-22-13-16)18(23)15-3-1-9-21-12-15/h1-10,12-13,19H. The molecule has 0 fully saturated rings. The van der Waals surface area contributed by atoms with Crippen molar-refractivity contribution < 1.29 is 9.53 Å². The number of carbonyl (C=O) groups is 1. The van der Waals surface area contributed by atoms with E-state index >= 15 is 0 Å². The number of ketones is 1. The van der Waals surface area contributed by atoms with Gasteiger partial charge in [0.25, 0.3) is 0 Å². The number of aromatic nitrogens is 2. The maximum atomic E-state index is 12.8. The molecule has 5 nitrogen and oxygen atoms in total. The molecule has 2 heterocycles. The zero-order valence-electron chi connectivity index (χ0n) is 12.7. The molecule has 0 bridgehead atoms. The summed E-state index contributed by atoms with van der Waals surface area (Å²) in [6.07, 6.45) is 5.51. The van der Waals surface area contributed by atoms with Crippen LogP contribution in [-0.4, -0.2) is 15.8 Å². The molecule has 0 aliphatic carbocycles. The number of hydrogen-bond acceptors (Lipinski definition) is 5. The molecular formula is C19H13N3O2. The topological polar surface area (TPSA) is 75.9 Å². The first-order valence-corrected chi connectivity index (χ1v) is 7.29. The largest absolute Gasteiger partial charge is 0.477 e. The van der Waals surface area contributed by atoms with Gasteiger partial charge in [0.2, 0.25) is 5.78 Å². The van der Waals surface area contributed by atoms with Crippen LogP contribution in [0, 0.1) is 11.3 Å². The number of ether oxygens (including phenoxy) is 1. The molecular weight excluding hydrogens is 302 g/mol. The third-order valence-electron chi connectivity index (χ3n) is 3.41. The molecule has 0 N–H and O–H groups in total. The zero-order chi connectivity index (χ0) is 16.8. The van der Waals surface area contributed by atoms with Crippen molar-refractivity contribution in [3.8, 4) is 11.8 Å². The molecule has 3 rings (SSSR count). The molecule has 0 saturated carbocycles. The highest BCUT2D eigenvalue weighted by molar-refractivity contribution is 5.99. The third-order valence-corrected chi connectivity index (χ3v) is 3.41. The van der Waals surface area contributed by atoms with Crippen LogP contribution in [0.5, 0.6) is 5.75 Å². The first kappa shape index (κ1) is 15.4. The van der Waals surface area contributed by atoms with Gasteiger partial charge in [-0.25, -0.2) is 0 Å². The molecule has 0 amide bonds. The number of nitrogens with zero attached hydrogens (tertiary/aromatic N) is 3. The highest BCUT2D eigenvalue weighted by Crippen LogP contribution is 2.25. The second-order valence-corrected chi connectivity index (χ2v) is 5.03. The molecule has 116 valence electrons. The second-order valence-electron chi connectivity index (χ2n) is 5.03. The number of hydrogen-bond donors (Lipinski definition) is 0. The van der Waals surface area contributed by atoms with Crippen molar-refractivity contribution in [2.75, 3.05) is 0 Å². The predicted molar refractivity (Wildman–Crippen MR) is 87.3 cm³/mol. The Balaban J connectivity index is 1.93. The van der Waals surface area contributed by atoms with Crippen LogP contribution in [0.4, 0.5) is 0 Å². The van der Waals surface area contributed by atoms with E-state index in [0.29, 0.717) is 22.4 Å². The molecule has 5 heteroatoms. The van der Waals surface area contributed by atoms with Crippen molar-refractivity contribution in [3.63, 3.8) is 0 Å². The van der Waals surface area contributed by atoms with Crippen molar-refractivity contribution >= 4 is 5.78 Å². The minimum absolute atomic E-state index is 0.208. The van der Waals surface area contributed by atoms with Gasteiger partial charge in [-0.15, -0.1) is 0 Å². The lowest BCUT2D eigenvalue weighted by Gasteiger charge is -2.18. The molecule has 1 aromatic carbocycles. The number of Topliss-reactive ketones (excluding diaryl/α,β-unsaturated/α-hetero) is 1. The summed E-state index contributed by atoms with van der Waals surface area (Å²) in [6, 6.07) is 15.6. The van der Waals surface area contributed by atoms with Crippen LogP contribution in [0.25, 0.3) is 0 Å². The second kappa shape index (κ2) is 7.16. The van der Waals surface area contributed by atoms with Crippen molar-refractivity contribution in [2.24, 2.45) is 0 Å². The van der Waals surface area contributed by atoms with Crippen LogP contribution in [0.3, 0.4) is 0 Å². The van der Waals surface area contributed by atoms with Gasteiger partial charge in [0.1, 0.15) is 5.75 Å². The highest BCUT2D eigenvalue weighted by atomic mass is 16.5. The van der Waals surface area contributed by atoms with Gasteiger partial charge in [0.15, 0.2) is 6.10 Å². The predicted octanol–water partition coefficient (Wildman–Crippen LogP) is 3.35. The molecule has 1 atom stereocenters. The van der Waals surface area contributed by atoms with E-state index in [9.17, 15) is 4.79 Å². The van der Waals surface area contributed by atoms with Crippen LogP contribution in [0.1, 0.15) is 27.6 Å². The highest BCUT2D eigenvalue weighted by Gasteiger charge is 2.24. The fourth-order valence-corrected chi connectivity index (χ4v) is 2.21. The van der Waals surface area contributed by atoms with Crippen LogP contribution in [0.2, 0.25) is 0 Å². The zero-order valence-corrected chi connectivity index (χ0v) is 12.7. The SMILES string of the molecule is N#Cc1ccc(OC(C(=O)c2cccnc2)c2cccnc2)cc1. The summed E-state index contributed by atoms with van der Waals surface area (Å²) in [4.78, 5) is 20.9. The Bertz CT molecular complexity index is 857. The Hall–Kier alpha value is -3.52. The number of carbonyl (C=O) groups excluding carboxylic acids is 1. The van der Waals surface area contributed by atoms with Crippen molar-refractivity contribution in [2.45, 2.75) is 6.10 Å². The first-order chi connectivity index (χ1) is 11.8. The van der Waals surface area contributed by atoms with Gasteiger partial charge < -0.3 is 4.74 Å². The van der Waals surface area contributed by atoms with Crippen LogP contribution in [-0.2, 0) is 0 Å². The molecule has 0 saturated heterocycles. The summed E-state index contributed by atoms with van der Waals surface area (Å²) < 4.78 is 5.89. The third kappa shape index (κ3) is 3.45. The van der Waals surface area contributed by atoms with Gasteiger partial charge in [-0.05, 0) is 42.5 Å². The average Bonchev–Trinajstić information content (AvgIpc) is 2.67. The maximum absolute atomic E-state index is 12.8. The molecule has 0 spiro atoms. The summed E-state index contributed by atoms with van der Waals surface area (Å²) in [5, 5.41) is 8.87. The maximum Gasteiger partial charge on any atom is 0.209 e. The summed E-state index contributed by atoms with van der Waals surface area (Å²) in [7, 11) is 0. The Morgan fingerprint density at radius 1 is 1.00 bits per heavy atom. The lowest BCUT2D eigenvalue weighted by atomic mass is 10.0. The molecule has 0 aliphatic rings. The van der Waals surface area contributed by atoms with Gasteiger partial charge in [-0.1, -0.05) is 6.07 Å². The Morgan fingerprint density at radius 3 is 2.29 bits per heavy atom. The number of rotatable bonds is 5. The number of pyridine rings is 2. The van der Waals surface area contributed by atoms with Crippen molar-refractivity contribution in [3.05, 3.63) is 90.0 Å². The molecule has 24 heavy (non-hydrogen) atoms. The van der Waals surface area contributed by atoms with Crippen molar-refractivity contribution in [1.82, 2.24) is 9.97 Å². The normalized spacial score (nSPS) is 11.3. The monoisotopic (exact) mass is 315 g/mol. The van der Waals surface area contributed by atoms with Gasteiger partial charge in [-0.3, -0.25) is 14.8 Å². The summed E-state index contributed by atoms with van der Waals surface area (Å²) >= 11 is 0. The van der Waals surface area contributed by atoms with E-state index in [-0.39, 0.29) is 5.78 Å². The molecule has 2 aromatic heterocycles. The van der Waals surface area contributed by atoms with E-state index in [1.807, 2.05) is 6.07 Å². The van der Waals surface area contributed by atoms with E-state index in [1.54, 1.807) is 67.1 Å². The molecule has 0 aliphatic heterocycles. The van der Waals surface area contributed by atoms with E-state index in [4.69, 9.17) is 10.00 Å². The fourth-order valence-electron chi connectivity index (χ4n) is 2.21. The Kier molecular flexibility index (Phi) is 4.59. The summed E-state index contributed by atoms with van der Waals surface area (Å²) in [5.74, 6) is 0.292. The smallest absolute Gasteiger partial charge is 0.209 e. The van der Waals surface area contributed by atoms with E-state index in [1.165, 1.54) is 6.20 Å². The van der Waals surface area contributed by atoms with Gasteiger partial charge in [0, 0.05) is 35.9 Å². The average molecular weight is 315 g/mol. The lowest BCUT2D eigenvalue weighted by Crippen LogP contribution is -2.19. The van der Waals surface area contributed by atoms with Crippen LogP contribution in [0.15, 0.2) is 73.3 Å².